The number of aliphatic hydroxyl groups excluding tert-OH is 1. The van der Waals surface area contributed by atoms with Gasteiger partial charge in [-0.2, -0.15) is 0 Å². The van der Waals surface area contributed by atoms with Gasteiger partial charge in [0.05, 0.1) is 19.8 Å². The van der Waals surface area contributed by atoms with Crippen LogP contribution in [0.5, 0.6) is 11.5 Å². The average Bonchev–Trinajstić information content (AvgIpc) is 2.30. The van der Waals surface area contributed by atoms with Gasteiger partial charge in [-0.3, -0.25) is 0 Å². The summed E-state index contributed by atoms with van der Waals surface area (Å²) < 4.78 is 10.6. The van der Waals surface area contributed by atoms with Crippen LogP contribution in [0.3, 0.4) is 0 Å². The van der Waals surface area contributed by atoms with Gasteiger partial charge in [-0.05, 0) is 37.6 Å². The molecule has 4 nitrogen and oxygen atoms in total. The first-order chi connectivity index (χ1) is 7.72. The van der Waals surface area contributed by atoms with Crippen molar-refractivity contribution >= 4 is 0 Å². The van der Waals surface area contributed by atoms with Crippen molar-refractivity contribution in [2.24, 2.45) is 5.73 Å². The van der Waals surface area contributed by atoms with E-state index in [1.807, 2.05) is 13.0 Å². The van der Waals surface area contributed by atoms with E-state index in [0.717, 1.165) is 5.56 Å². The summed E-state index contributed by atoms with van der Waals surface area (Å²) in [6.45, 7) is 2.95. The molecule has 1 aromatic carbocycles. The van der Waals surface area contributed by atoms with Crippen LogP contribution in [0.4, 0.5) is 0 Å². The van der Waals surface area contributed by atoms with Crippen molar-refractivity contribution in [3.63, 3.8) is 0 Å². The molecule has 0 aromatic heterocycles. The monoisotopic (exact) mass is 225 g/mol. The highest BCUT2D eigenvalue weighted by Gasteiger charge is 2.10. The molecule has 0 heterocycles. The predicted octanol–water partition coefficient (Wildman–Crippen LogP) is 1.48. The topological polar surface area (TPSA) is 64.7 Å². The maximum absolute atomic E-state index is 9.78. The van der Waals surface area contributed by atoms with E-state index in [9.17, 15) is 5.11 Å². The van der Waals surface area contributed by atoms with Gasteiger partial charge in [0.15, 0.2) is 11.5 Å². The molecule has 0 bridgehead atoms. The Morgan fingerprint density at radius 1 is 1.38 bits per heavy atom. The van der Waals surface area contributed by atoms with Crippen molar-refractivity contribution in [3.8, 4) is 11.5 Å². The SMILES string of the molecule is CCOc1ccc(C(O)CCN)cc1OC. The summed E-state index contributed by atoms with van der Waals surface area (Å²) in [5.74, 6) is 1.32. The lowest BCUT2D eigenvalue weighted by Gasteiger charge is -2.14. The summed E-state index contributed by atoms with van der Waals surface area (Å²) in [5.41, 5.74) is 6.20. The van der Waals surface area contributed by atoms with Crippen LogP contribution in [-0.4, -0.2) is 25.4 Å². The van der Waals surface area contributed by atoms with E-state index in [2.05, 4.69) is 0 Å². The van der Waals surface area contributed by atoms with E-state index in [1.165, 1.54) is 0 Å². The Kier molecular flexibility index (Phi) is 5.08. The molecule has 0 radical (unpaired) electrons. The quantitative estimate of drug-likeness (QED) is 0.769. The molecule has 0 aliphatic heterocycles. The van der Waals surface area contributed by atoms with Gasteiger partial charge in [0.2, 0.25) is 0 Å². The van der Waals surface area contributed by atoms with Crippen molar-refractivity contribution in [2.75, 3.05) is 20.3 Å². The second kappa shape index (κ2) is 6.35. The molecule has 3 N–H and O–H groups in total. The molecule has 1 unspecified atom stereocenters. The van der Waals surface area contributed by atoms with Crippen LogP contribution in [0.2, 0.25) is 0 Å². The highest BCUT2D eigenvalue weighted by molar-refractivity contribution is 5.43. The minimum atomic E-state index is -0.547. The first-order valence-corrected chi connectivity index (χ1v) is 5.41. The van der Waals surface area contributed by atoms with Crippen LogP contribution in [-0.2, 0) is 0 Å². The number of aliphatic hydroxyl groups is 1. The molecule has 1 rings (SSSR count). The largest absolute Gasteiger partial charge is 0.493 e. The Morgan fingerprint density at radius 3 is 2.69 bits per heavy atom. The summed E-state index contributed by atoms with van der Waals surface area (Å²) in [5, 5.41) is 9.78. The Hall–Kier alpha value is -1.26. The van der Waals surface area contributed by atoms with Crippen LogP contribution in [0, 0.1) is 0 Å². The Morgan fingerprint density at radius 2 is 2.12 bits per heavy atom. The second-order valence-electron chi connectivity index (χ2n) is 3.44. The molecular weight excluding hydrogens is 206 g/mol. The molecule has 4 heteroatoms. The lowest BCUT2D eigenvalue weighted by atomic mass is 10.1. The maximum atomic E-state index is 9.78. The van der Waals surface area contributed by atoms with Gasteiger partial charge in [0, 0.05) is 0 Å². The summed E-state index contributed by atoms with van der Waals surface area (Å²) in [6, 6.07) is 5.41. The molecule has 0 aliphatic carbocycles. The fraction of sp³-hybridized carbons (Fsp3) is 0.500. The van der Waals surface area contributed by atoms with Crippen LogP contribution >= 0.6 is 0 Å². The average molecular weight is 225 g/mol. The highest BCUT2D eigenvalue weighted by Crippen LogP contribution is 2.30. The lowest BCUT2D eigenvalue weighted by Crippen LogP contribution is -2.07. The molecule has 1 atom stereocenters. The fourth-order valence-corrected chi connectivity index (χ4v) is 1.49. The summed E-state index contributed by atoms with van der Waals surface area (Å²) in [7, 11) is 1.58. The molecule has 0 amide bonds. The number of hydrogen-bond donors (Lipinski definition) is 2. The highest BCUT2D eigenvalue weighted by atomic mass is 16.5. The first-order valence-electron chi connectivity index (χ1n) is 5.41. The number of ether oxygens (including phenoxy) is 2. The number of benzene rings is 1. The summed E-state index contributed by atoms with van der Waals surface area (Å²) in [4.78, 5) is 0. The normalized spacial score (nSPS) is 12.2. The van der Waals surface area contributed by atoms with E-state index in [1.54, 1.807) is 19.2 Å². The molecule has 0 spiro atoms. The third-order valence-corrected chi connectivity index (χ3v) is 2.31. The van der Waals surface area contributed by atoms with Crippen molar-refractivity contribution in [3.05, 3.63) is 23.8 Å². The van der Waals surface area contributed by atoms with E-state index >= 15 is 0 Å². The molecule has 16 heavy (non-hydrogen) atoms. The maximum Gasteiger partial charge on any atom is 0.161 e. The summed E-state index contributed by atoms with van der Waals surface area (Å²) in [6.07, 6.45) is -0.00786. The third-order valence-electron chi connectivity index (χ3n) is 2.31. The molecule has 1 aromatic rings. The van der Waals surface area contributed by atoms with Gasteiger partial charge in [0.1, 0.15) is 0 Å². The minimum absolute atomic E-state index is 0.455. The Balaban J connectivity index is 2.89. The van der Waals surface area contributed by atoms with Gasteiger partial charge in [-0.15, -0.1) is 0 Å². The number of rotatable bonds is 6. The van der Waals surface area contributed by atoms with Crippen molar-refractivity contribution in [2.45, 2.75) is 19.4 Å². The van der Waals surface area contributed by atoms with Crippen molar-refractivity contribution in [1.29, 1.82) is 0 Å². The van der Waals surface area contributed by atoms with Gasteiger partial charge < -0.3 is 20.3 Å². The zero-order chi connectivity index (χ0) is 12.0. The molecular formula is C12H19NO3. The fourth-order valence-electron chi connectivity index (χ4n) is 1.49. The van der Waals surface area contributed by atoms with Gasteiger partial charge >= 0.3 is 0 Å². The lowest BCUT2D eigenvalue weighted by molar-refractivity contribution is 0.169. The van der Waals surface area contributed by atoms with Crippen LogP contribution in [0.1, 0.15) is 25.0 Å². The molecule has 0 aliphatic rings. The molecule has 90 valence electrons. The van der Waals surface area contributed by atoms with E-state index in [0.29, 0.717) is 31.1 Å². The number of nitrogens with two attached hydrogens (primary N) is 1. The standard InChI is InChI=1S/C12H19NO3/c1-3-16-11-5-4-9(8-12(11)15-2)10(14)6-7-13/h4-5,8,10,14H,3,6-7,13H2,1-2H3. The second-order valence-corrected chi connectivity index (χ2v) is 3.44. The minimum Gasteiger partial charge on any atom is -0.493 e. The van der Waals surface area contributed by atoms with E-state index < -0.39 is 6.10 Å². The third kappa shape index (κ3) is 3.12. The smallest absolute Gasteiger partial charge is 0.161 e. The van der Waals surface area contributed by atoms with E-state index in [4.69, 9.17) is 15.2 Å². The van der Waals surface area contributed by atoms with Gasteiger partial charge in [-0.25, -0.2) is 0 Å². The Bertz CT molecular complexity index is 328. The van der Waals surface area contributed by atoms with Crippen LogP contribution in [0.15, 0.2) is 18.2 Å². The summed E-state index contributed by atoms with van der Waals surface area (Å²) >= 11 is 0. The molecule has 0 saturated heterocycles. The first kappa shape index (κ1) is 12.8. The van der Waals surface area contributed by atoms with Gasteiger partial charge in [-0.1, -0.05) is 6.07 Å². The van der Waals surface area contributed by atoms with Crippen molar-refractivity contribution < 1.29 is 14.6 Å². The Labute approximate surface area is 96.0 Å². The van der Waals surface area contributed by atoms with Gasteiger partial charge in [0.25, 0.3) is 0 Å². The molecule has 0 saturated carbocycles. The number of hydrogen-bond acceptors (Lipinski definition) is 4. The van der Waals surface area contributed by atoms with Crippen LogP contribution < -0.4 is 15.2 Å². The zero-order valence-electron chi connectivity index (χ0n) is 9.77. The van der Waals surface area contributed by atoms with E-state index in [-0.39, 0.29) is 0 Å². The zero-order valence-corrected chi connectivity index (χ0v) is 9.77. The van der Waals surface area contributed by atoms with Crippen LogP contribution in [0.25, 0.3) is 0 Å². The van der Waals surface area contributed by atoms with Crippen molar-refractivity contribution in [1.82, 2.24) is 0 Å². The molecule has 0 fully saturated rings. The predicted molar refractivity (Wildman–Crippen MR) is 62.8 cm³/mol. The number of methoxy groups -OCH3 is 1.